The zero-order valence-corrected chi connectivity index (χ0v) is 16.0. The van der Waals surface area contributed by atoms with Gasteiger partial charge in [0.1, 0.15) is 0 Å². The van der Waals surface area contributed by atoms with Crippen LogP contribution in [0.3, 0.4) is 0 Å². The van der Waals surface area contributed by atoms with Crippen LogP contribution in [0.1, 0.15) is 29.4 Å². The maximum absolute atomic E-state index is 12.7. The molecule has 0 aliphatic carbocycles. The van der Waals surface area contributed by atoms with Gasteiger partial charge in [0.25, 0.3) is 5.91 Å². The number of piperidine rings is 3. The summed E-state index contributed by atoms with van der Waals surface area (Å²) in [5, 5.41) is 5.55. The predicted molar refractivity (Wildman–Crippen MR) is 100 cm³/mol. The highest BCUT2D eigenvalue weighted by molar-refractivity contribution is 7.17. The number of carbonyl (C=O) groups is 1. The van der Waals surface area contributed by atoms with E-state index < -0.39 is 0 Å². The summed E-state index contributed by atoms with van der Waals surface area (Å²) in [4.78, 5) is 15.8. The Kier molecular flexibility index (Phi) is 4.71. The molecule has 1 amide bonds. The summed E-state index contributed by atoms with van der Waals surface area (Å²) in [5.41, 5.74) is 0. The second kappa shape index (κ2) is 6.97. The minimum Gasteiger partial charge on any atom is -0.487 e. The molecule has 2 aromatic rings. The van der Waals surface area contributed by atoms with E-state index in [4.69, 9.17) is 9.47 Å². The minimum atomic E-state index is 0.00853. The van der Waals surface area contributed by atoms with Gasteiger partial charge in [-0.25, -0.2) is 0 Å². The number of hydrogen-bond acceptors (Lipinski definition) is 6. The molecule has 3 aliphatic heterocycles. The van der Waals surface area contributed by atoms with E-state index >= 15 is 0 Å². The third kappa shape index (κ3) is 3.41. The van der Waals surface area contributed by atoms with Gasteiger partial charge >= 0.3 is 0 Å². The molecule has 1 N–H and O–H groups in total. The van der Waals surface area contributed by atoms with E-state index in [-0.39, 0.29) is 11.9 Å². The third-order valence-corrected chi connectivity index (χ3v) is 7.13. The van der Waals surface area contributed by atoms with Crippen LogP contribution in [0, 0.1) is 5.92 Å². The number of thiophene rings is 2. The SMILES string of the molecule is COc1ccc(Oc2ccc(C(=O)NC3C4CCN(CC4)C3C)s2)s1. The molecule has 2 bridgehead atoms. The molecule has 134 valence electrons. The van der Waals surface area contributed by atoms with Crippen molar-refractivity contribution in [3.8, 4) is 15.2 Å². The van der Waals surface area contributed by atoms with Crippen molar-refractivity contribution in [3.05, 3.63) is 29.1 Å². The lowest BCUT2D eigenvalue weighted by molar-refractivity contribution is 0.0218. The van der Waals surface area contributed by atoms with E-state index in [1.165, 1.54) is 48.6 Å². The van der Waals surface area contributed by atoms with Crippen molar-refractivity contribution in [1.29, 1.82) is 0 Å². The Hall–Kier alpha value is -1.57. The van der Waals surface area contributed by atoms with E-state index in [1.54, 1.807) is 7.11 Å². The fourth-order valence-corrected chi connectivity index (χ4v) is 5.34. The first-order valence-electron chi connectivity index (χ1n) is 8.60. The van der Waals surface area contributed by atoms with Gasteiger partial charge in [-0.05, 0) is 63.0 Å². The molecule has 2 unspecified atom stereocenters. The smallest absolute Gasteiger partial charge is 0.261 e. The number of fused-ring (bicyclic) bond motifs is 3. The normalized spacial score (nSPS) is 27.9. The number of ether oxygens (including phenoxy) is 2. The first-order valence-corrected chi connectivity index (χ1v) is 10.2. The van der Waals surface area contributed by atoms with Crippen LogP contribution in [0.15, 0.2) is 24.3 Å². The van der Waals surface area contributed by atoms with Crippen LogP contribution in [0.2, 0.25) is 0 Å². The molecule has 0 aromatic carbocycles. The molecule has 3 aliphatic rings. The fraction of sp³-hybridized carbons (Fsp3) is 0.500. The van der Waals surface area contributed by atoms with Crippen molar-refractivity contribution in [2.75, 3.05) is 20.2 Å². The van der Waals surface area contributed by atoms with Gasteiger partial charge in [-0.1, -0.05) is 22.7 Å². The van der Waals surface area contributed by atoms with Crippen LogP contribution < -0.4 is 14.8 Å². The maximum Gasteiger partial charge on any atom is 0.261 e. The Labute approximate surface area is 155 Å². The largest absolute Gasteiger partial charge is 0.487 e. The molecular weight excluding hydrogens is 356 g/mol. The number of nitrogens with one attached hydrogen (secondary N) is 1. The van der Waals surface area contributed by atoms with Gasteiger partial charge in [0.15, 0.2) is 15.2 Å². The van der Waals surface area contributed by atoms with Gasteiger partial charge < -0.3 is 14.8 Å². The van der Waals surface area contributed by atoms with Crippen molar-refractivity contribution in [2.24, 2.45) is 5.92 Å². The van der Waals surface area contributed by atoms with Crippen LogP contribution >= 0.6 is 22.7 Å². The molecule has 25 heavy (non-hydrogen) atoms. The lowest BCUT2D eigenvalue weighted by Crippen LogP contribution is -2.62. The summed E-state index contributed by atoms with van der Waals surface area (Å²) >= 11 is 2.82. The molecule has 0 spiro atoms. The Bertz CT molecular complexity index is 747. The molecule has 3 saturated heterocycles. The van der Waals surface area contributed by atoms with Gasteiger partial charge in [0.2, 0.25) is 0 Å². The highest BCUT2D eigenvalue weighted by Crippen LogP contribution is 2.37. The summed E-state index contributed by atoms with van der Waals surface area (Å²) in [5.74, 6) is 0.618. The number of amides is 1. The Morgan fingerprint density at radius 1 is 1.12 bits per heavy atom. The summed E-state index contributed by atoms with van der Waals surface area (Å²) in [6.07, 6.45) is 2.38. The van der Waals surface area contributed by atoms with Crippen molar-refractivity contribution in [2.45, 2.75) is 31.8 Å². The highest BCUT2D eigenvalue weighted by Gasteiger charge is 2.40. The van der Waals surface area contributed by atoms with E-state index in [0.29, 0.717) is 16.8 Å². The molecule has 7 heteroatoms. The van der Waals surface area contributed by atoms with Gasteiger partial charge in [-0.3, -0.25) is 9.69 Å². The van der Waals surface area contributed by atoms with Crippen molar-refractivity contribution in [1.82, 2.24) is 10.2 Å². The summed E-state index contributed by atoms with van der Waals surface area (Å²) < 4.78 is 11.0. The standard InChI is InChI=1S/C18H22N2O3S2/c1-11-17(12-7-9-20(11)10-8-12)19-18(21)13-3-4-15(24-13)23-16-6-5-14(22-2)25-16/h3-6,11-12,17H,7-10H2,1-2H3,(H,19,21). The molecule has 3 fully saturated rings. The summed E-state index contributed by atoms with van der Waals surface area (Å²) in [6, 6.07) is 8.11. The van der Waals surface area contributed by atoms with Crippen molar-refractivity contribution < 1.29 is 14.3 Å². The first kappa shape index (κ1) is 16.9. The van der Waals surface area contributed by atoms with E-state index in [9.17, 15) is 4.79 Å². The predicted octanol–water partition coefficient (Wildman–Crippen LogP) is 3.82. The highest BCUT2D eigenvalue weighted by atomic mass is 32.1. The number of nitrogens with zero attached hydrogens (tertiary/aromatic N) is 1. The lowest BCUT2D eigenvalue weighted by Gasteiger charge is -2.49. The number of carbonyl (C=O) groups excluding carboxylic acids is 1. The summed E-state index contributed by atoms with van der Waals surface area (Å²) in [7, 11) is 1.64. The number of hydrogen-bond donors (Lipinski definition) is 1. The Balaban J connectivity index is 1.40. The summed E-state index contributed by atoms with van der Waals surface area (Å²) in [6.45, 7) is 4.56. The molecule has 2 aromatic heterocycles. The van der Waals surface area contributed by atoms with E-state index in [1.807, 2.05) is 24.3 Å². The van der Waals surface area contributed by atoms with Gasteiger partial charge in [0, 0.05) is 12.1 Å². The monoisotopic (exact) mass is 378 g/mol. The van der Waals surface area contributed by atoms with Crippen LogP contribution in [0.4, 0.5) is 0 Å². The molecule has 5 rings (SSSR count). The second-order valence-electron chi connectivity index (χ2n) is 6.61. The van der Waals surface area contributed by atoms with Crippen LogP contribution in [0.5, 0.6) is 15.2 Å². The average molecular weight is 379 g/mol. The van der Waals surface area contributed by atoms with E-state index in [2.05, 4.69) is 17.1 Å². The second-order valence-corrected chi connectivity index (χ2v) is 8.67. The first-order chi connectivity index (χ1) is 12.1. The Morgan fingerprint density at radius 2 is 1.80 bits per heavy atom. The molecule has 2 atom stereocenters. The van der Waals surface area contributed by atoms with Crippen LogP contribution in [0.25, 0.3) is 0 Å². The van der Waals surface area contributed by atoms with E-state index in [0.717, 1.165) is 15.2 Å². The molecule has 5 heterocycles. The molecule has 5 nitrogen and oxygen atoms in total. The third-order valence-electron chi connectivity index (χ3n) is 5.24. The quantitative estimate of drug-likeness (QED) is 0.859. The van der Waals surface area contributed by atoms with Gasteiger partial charge in [-0.2, -0.15) is 0 Å². The molecule has 0 saturated carbocycles. The molecular formula is C18H22N2O3S2. The van der Waals surface area contributed by atoms with Crippen molar-refractivity contribution >= 4 is 28.6 Å². The Morgan fingerprint density at radius 3 is 2.48 bits per heavy atom. The van der Waals surface area contributed by atoms with Gasteiger partial charge in [0.05, 0.1) is 12.0 Å². The van der Waals surface area contributed by atoms with Crippen LogP contribution in [-0.2, 0) is 0 Å². The van der Waals surface area contributed by atoms with Gasteiger partial charge in [-0.15, -0.1) is 0 Å². The topological polar surface area (TPSA) is 50.8 Å². The fourth-order valence-electron chi connectivity index (χ4n) is 3.83. The maximum atomic E-state index is 12.7. The number of rotatable bonds is 5. The zero-order chi connectivity index (χ0) is 17.4. The molecule has 0 radical (unpaired) electrons. The van der Waals surface area contributed by atoms with Crippen LogP contribution in [-0.4, -0.2) is 43.1 Å². The lowest BCUT2D eigenvalue weighted by atomic mass is 9.79. The minimum absolute atomic E-state index is 0.00853. The zero-order valence-electron chi connectivity index (χ0n) is 14.4. The number of methoxy groups -OCH3 is 1. The average Bonchev–Trinajstić information content (AvgIpc) is 3.28. The van der Waals surface area contributed by atoms with Crippen molar-refractivity contribution in [3.63, 3.8) is 0 Å².